The number of unbranched alkanes of at least 4 members (excludes halogenated alkanes) is 1. The smallest absolute Gasteiger partial charge is 0.329 e. The molecule has 1 aliphatic rings. The molecule has 0 saturated heterocycles. The number of fused-ring (bicyclic) bond motifs is 1. The highest BCUT2D eigenvalue weighted by Crippen LogP contribution is 2.38. The lowest BCUT2D eigenvalue weighted by atomic mass is 10.0. The minimum absolute atomic E-state index is 0.245. The number of carbonyl (C=O) groups excluding carboxylic acids is 2. The topological polar surface area (TPSA) is 94.8 Å². The molecule has 0 aliphatic carbocycles. The zero-order valence-corrected chi connectivity index (χ0v) is 14.0. The third-order valence-electron chi connectivity index (χ3n) is 3.66. The standard InChI is InChI=1S/C16H23N3O4/c1-5-6-9-22-14(20)10(2)19-13-11(7-8-12(17)18-13)23-16(3,4)15(19)21/h7-8,10H,5-6,9H2,1-4H3,(H2,17,18). The van der Waals surface area contributed by atoms with Crippen LogP contribution < -0.4 is 15.4 Å². The van der Waals surface area contributed by atoms with Crippen LogP contribution in [0.5, 0.6) is 5.75 Å². The average molecular weight is 321 g/mol. The third-order valence-corrected chi connectivity index (χ3v) is 3.66. The fourth-order valence-corrected chi connectivity index (χ4v) is 2.31. The summed E-state index contributed by atoms with van der Waals surface area (Å²) in [6.07, 6.45) is 1.70. The molecule has 1 aromatic heterocycles. The van der Waals surface area contributed by atoms with E-state index in [1.165, 1.54) is 4.90 Å². The maximum absolute atomic E-state index is 12.7. The zero-order chi connectivity index (χ0) is 17.2. The van der Waals surface area contributed by atoms with E-state index >= 15 is 0 Å². The van der Waals surface area contributed by atoms with Gasteiger partial charge in [-0.1, -0.05) is 13.3 Å². The zero-order valence-electron chi connectivity index (χ0n) is 14.0. The van der Waals surface area contributed by atoms with Crippen LogP contribution in [0.4, 0.5) is 11.6 Å². The van der Waals surface area contributed by atoms with Gasteiger partial charge >= 0.3 is 5.97 Å². The number of nitrogen functional groups attached to an aromatic ring is 1. The molecular formula is C16H23N3O4. The number of ether oxygens (including phenoxy) is 2. The largest absolute Gasteiger partial charge is 0.474 e. The summed E-state index contributed by atoms with van der Waals surface area (Å²) in [5, 5.41) is 0. The van der Waals surface area contributed by atoms with Gasteiger partial charge in [0.1, 0.15) is 11.9 Å². The number of hydrogen-bond donors (Lipinski definition) is 1. The van der Waals surface area contributed by atoms with Crippen molar-refractivity contribution in [2.75, 3.05) is 17.2 Å². The highest BCUT2D eigenvalue weighted by Gasteiger charge is 2.45. The van der Waals surface area contributed by atoms with E-state index in [9.17, 15) is 9.59 Å². The second-order valence-electron chi connectivity index (χ2n) is 6.04. The number of carbonyl (C=O) groups is 2. The number of nitrogens with zero attached hydrogens (tertiary/aromatic N) is 2. The lowest BCUT2D eigenvalue weighted by Gasteiger charge is -2.39. The Bertz CT molecular complexity index is 615. The second-order valence-corrected chi connectivity index (χ2v) is 6.04. The number of anilines is 2. The average Bonchev–Trinajstić information content (AvgIpc) is 2.48. The Morgan fingerprint density at radius 2 is 2.17 bits per heavy atom. The van der Waals surface area contributed by atoms with Crippen molar-refractivity contribution in [3.05, 3.63) is 12.1 Å². The fraction of sp³-hybridized carbons (Fsp3) is 0.562. The van der Waals surface area contributed by atoms with Crippen molar-refractivity contribution in [1.29, 1.82) is 0 Å². The van der Waals surface area contributed by atoms with Crippen LogP contribution in [0.15, 0.2) is 12.1 Å². The van der Waals surface area contributed by atoms with Gasteiger partial charge in [0.15, 0.2) is 17.2 Å². The maximum Gasteiger partial charge on any atom is 0.329 e. The van der Waals surface area contributed by atoms with Gasteiger partial charge in [-0.05, 0) is 39.3 Å². The monoisotopic (exact) mass is 321 g/mol. The first-order chi connectivity index (χ1) is 10.8. The summed E-state index contributed by atoms with van der Waals surface area (Å²) in [4.78, 5) is 30.4. The number of esters is 1. The number of amides is 1. The predicted octanol–water partition coefficient (Wildman–Crippen LogP) is 1.90. The van der Waals surface area contributed by atoms with Crippen molar-refractivity contribution in [2.24, 2.45) is 0 Å². The van der Waals surface area contributed by atoms with Gasteiger partial charge < -0.3 is 15.2 Å². The van der Waals surface area contributed by atoms with Crippen LogP contribution in [0, 0.1) is 0 Å². The predicted molar refractivity (Wildman–Crippen MR) is 86.2 cm³/mol. The molecular weight excluding hydrogens is 298 g/mol. The lowest BCUT2D eigenvalue weighted by molar-refractivity contribution is -0.147. The molecule has 0 aromatic carbocycles. The van der Waals surface area contributed by atoms with Crippen molar-refractivity contribution in [3.63, 3.8) is 0 Å². The number of hydrogen-bond acceptors (Lipinski definition) is 6. The number of rotatable bonds is 5. The van der Waals surface area contributed by atoms with Gasteiger partial charge in [-0.15, -0.1) is 0 Å². The Balaban J connectivity index is 2.33. The van der Waals surface area contributed by atoms with Crippen molar-refractivity contribution in [3.8, 4) is 5.75 Å². The SMILES string of the molecule is CCCCOC(=O)C(C)N1C(=O)C(C)(C)Oc2ccc(N)nc21. The normalized spacial score (nSPS) is 17.2. The molecule has 1 aromatic rings. The molecule has 1 unspecified atom stereocenters. The Hall–Kier alpha value is -2.31. The first kappa shape index (κ1) is 17.1. The minimum atomic E-state index is -1.09. The molecule has 126 valence electrons. The number of pyridine rings is 1. The van der Waals surface area contributed by atoms with Crippen molar-refractivity contribution in [2.45, 2.75) is 52.2 Å². The van der Waals surface area contributed by atoms with Gasteiger partial charge in [0, 0.05) is 0 Å². The van der Waals surface area contributed by atoms with Crippen molar-refractivity contribution < 1.29 is 19.1 Å². The van der Waals surface area contributed by atoms with E-state index in [-0.39, 0.29) is 17.5 Å². The Labute approximate surface area is 135 Å². The molecule has 1 aliphatic heterocycles. The van der Waals surface area contributed by atoms with Crippen LogP contribution >= 0.6 is 0 Å². The van der Waals surface area contributed by atoms with E-state index in [1.54, 1.807) is 32.9 Å². The molecule has 0 radical (unpaired) electrons. The molecule has 1 atom stereocenters. The molecule has 0 spiro atoms. The quantitative estimate of drug-likeness (QED) is 0.657. The van der Waals surface area contributed by atoms with Gasteiger partial charge in [-0.2, -0.15) is 0 Å². The maximum atomic E-state index is 12.7. The third kappa shape index (κ3) is 3.38. The van der Waals surface area contributed by atoms with Gasteiger partial charge in [0.25, 0.3) is 5.91 Å². The molecule has 2 heterocycles. The molecule has 7 heteroatoms. The van der Waals surface area contributed by atoms with Gasteiger partial charge in [-0.25, -0.2) is 9.78 Å². The summed E-state index contributed by atoms with van der Waals surface area (Å²) in [6, 6.07) is 2.43. The Morgan fingerprint density at radius 1 is 1.48 bits per heavy atom. The van der Waals surface area contributed by atoms with Crippen molar-refractivity contribution in [1.82, 2.24) is 4.98 Å². The fourth-order valence-electron chi connectivity index (χ4n) is 2.31. The summed E-state index contributed by atoms with van der Waals surface area (Å²) >= 11 is 0. The summed E-state index contributed by atoms with van der Waals surface area (Å²) < 4.78 is 10.9. The Kier molecular flexibility index (Phi) is 4.77. The van der Waals surface area contributed by atoms with Gasteiger partial charge in [0.05, 0.1) is 6.61 Å². The molecule has 23 heavy (non-hydrogen) atoms. The molecule has 2 N–H and O–H groups in total. The van der Waals surface area contributed by atoms with Crippen LogP contribution in [0.1, 0.15) is 40.5 Å². The van der Waals surface area contributed by atoms with Crippen LogP contribution in [0.2, 0.25) is 0 Å². The molecule has 0 fully saturated rings. The highest BCUT2D eigenvalue weighted by atomic mass is 16.5. The summed E-state index contributed by atoms with van der Waals surface area (Å²) in [7, 11) is 0. The van der Waals surface area contributed by atoms with Crippen LogP contribution in [0.25, 0.3) is 0 Å². The van der Waals surface area contributed by atoms with Crippen LogP contribution in [-0.2, 0) is 14.3 Å². The lowest BCUT2D eigenvalue weighted by Crippen LogP contribution is -2.57. The van der Waals surface area contributed by atoms with Crippen LogP contribution in [-0.4, -0.2) is 35.1 Å². The molecule has 2 rings (SSSR count). The first-order valence-electron chi connectivity index (χ1n) is 7.73. The second kappa shape index (κ2) is 6.44. The summed E-state index contributed by atoms with van der Waals surface area (Å²) in [6.45, 7) is 7.25. The van der Waals surface area contributed by atoms with Crippen molar-refractivity contribution >= 4 is 23.5 Å². The van der Waals surface area contributed by atoms with Gasteiger partial charge in [0.2, 0.25) is 0 Å². The van der Waals surface area contributed by atoms with E-state index in [4.69, 9.17) is 15.2 Å². The first-order valence-corrected chi connectivity index (χ1v) is 7.73. The molecule has 7 nitrogen and oxygen atoms in total. The number of aromatic nitrogens is 1. The van der Waals surface area contributed by atoms with E-state index in [0.717, 1.165) is 12.8 Å². The van der Waals surface area contributed by atoms with Gasteiger partial charge in [-0.3, -0.25) is 9.69 Å². The summed E-state index contributed by atoms with van der Waals surface area (Å²) in [5.41, 5.74) is 4.62. The van der Waals surface area contributed by atoms with E-state index in [0.29, 0.717) is 12.4 Å². The van der Waals surface area contributed by atoms with Crippen LogP contribution in [0.3, 0.4) is 0 Å². The molecule has 0 bridgehead atoms. The minimum Gasteiger partial charge on any atom is -0.474 e. The highest BCUT2D eigenvalue weighted by molar-refractivity contribution is 6.05. The Morgan fingerprint density at radius 3 is 2.83 bits per heavy atom. The molecule has 0 saturated carbocycles. The summed E-state index contributed by atoms with van der Waals surface area (Å²) in [5.74, 6) is 0.0744. The number of nitrogens with two attached hydrogens (primary N) is 1. The molecule has 1 amide bonds. The van der Waals surface area contributed by atoms with E-state index < -0.39 is 17.6 Å². The van der Waals surface area contributed by atoms with E-state index in [1.807, 2.05) is 6.92 Å². The van der Waals surface area contributed by atoms with E-state index in [2.05, 4.69) is 4.98 Å².